The van der Waals surface area contributed by atoms with Gasteiger partial charge in [-0.1, -0.05) is 37.6 Å². The van der Waals surface area contributed by atoms with Crippen molar-refractivity contribution >= 4 is 40.8 Å². The number of aryl methyl sites for hydroxylation is 2. The van der Waals surface area contributed by atoms with Gasteiger partial charge in [-0.2, -0.15) is 0 Å². The number of anilines is 2. The molecule has 3 aliphatic heterocycles. The highest BCUT2D eigenvalue weighted by atomic mass is 35.5. The van der Waals surface area contributed by atoms with Crippen LogP contribution < -0.4 is 19.7 Å². The maximum atomic E-state index is 15.0. The highest BCUT2D eigenvalue weighted by Gasteiger charge is 2.48. The van der Waals surface area contributed by atoms with Crippen molar-refractivity contribution in [3.05, 3.63) is 81.6 Å². The fourth-order valence-corrected chi connectivity index (χ4v) is 7.17. The molecule has 1 unspecified atom stereocenters. The zero-order valence-corrected chi connectivity index (χ0v) is 25.9. The lowest BCUT2D eigenvalue weighted by molar-refractivity contribution is -0.143. The maximum Gasteiger partial charge on any atom is 0.309 e. The van der Waals surface area contributed by atoms with Gasteiger partial charge in [0.15, 0.2) is 11.6 Å². The number of carbonyl (C=O) groups excluding carboxylic acids is 2. The van der Waals surface area contributed by atoms with Crippen LogP contribution in [0.1, 0.15) is 60.9 Å². The van der Waals surface area contributed by atoms with Crippen LogP contribution in [-0.4, -0.2) is 54.2 Å². The first-order valence-electron chi connectivity index (χ1n) is 15.3. The number of carbonyl (C=O) groups is 3. The van der Waals surface area contributed by atoms with Crippen molar-refractivity contribution in [2.45, 2.75) is 51.5 Å². The maximum absolute atomic E-state index is 15.0. The summed E-state index contributed by atoms with van der Waals surface area (Å²) >= 11 is 6.33. The molecular weight excluding hydrogens is 601 g/mol. The number of likely N-dealkylation sites (tertiary alicyclic amines) is 1. The van der Waals surface area contributed by atoms with Gasteiger partial charge in [-0.25, -0.2) is 4.39 Å². The van der Waals surface area contributed by atoms with E-state index in [2.05, 4.69) is 5.32 Å². The third-order valence-electron chi connectivity index (χ3n) is 9.02. The molecule has 0 radical (unpaired) electrons. The highest BCUT2D eigenvalue weighted by molar-refractivity contribution is 6.30. The number of aliphatic carboxylic acids is 1. The van der Waals surface area contributed by atoms with Crippen LogP contribution in [0.15, 0.2) is 48.5 Å². The first kappa shape index (κ1) is 30.9. The third-order valence-corrected chi connectivity index (χ3v) is 9.24. The molecule has 0 saturated carbocycles. The van der Waals surface area contributed by atoms with E-state index >= 15 is 4.39 Å². The SMILES string of the molecule is CCc1cc(Cl)cc(CC)c1NC(=O)CN1C[C@H](c2cc(F)c3c(c2)OCO3)C(C(=O)O)[C@@H]1c1ccc(N2CCCC2=O)cc1. The third kappa shape index (κ3) is 5.96. The van der Waals surface area contributed by atoms with Gasteiger partial charge < -0.3 is 24.8 Å². The van der Waals surface area contributed by atoms with Gasteiger partial charge in [0, 0.05) is 47.9 Å². The number of carboxylic acid groups (broad SMARTS) is 1. The average molecular weight is 636 g/mol. The average Bonchev–Trinajstić information content (AvgIpc) is 3.76. The smallest absolute Gasteiger partial charge is 0.309 e. The second-order valence-electron chi connectivity index (χ2n) is 11.7. The molecule has 3 aromatic carbocycles. The first-order chi connectivity index (χ1) is 21.7. The molecule has 0 aliphatic carbocycles. The van der Waals surface area contributed by atoms with Crippen molar-refractivity contribution < 1.29 is 33.4 Å². The van der Waals surface area contributed by atoms with Crippen LogP contribution in [0, 0.1) is 11.7 Å². The van der Waals surface area contributed by atoms with E-state index in [-0.39, 0.29) is 43.2 Å². The summed E-state index contributed by atoms with van der Waals surface area (Å²) in [6.07, 6.45) is 2.61. The largest absolute Gasteiger partial charge is 0.481 e. The van der Waals surface area contributed by atoms with Gasteiger partial charge in [-0.15, -0.1) is 0 Å². The second-order valence-corrected chi connectivity index (χ2v) is 12.1. The van der Waals surface area contributed by atoms with Crippen LogP contribution >= 0.6 is 11.6 Å². The molecule has 6 rings (SSSR count). The summed E-state index contributed by atoms with van der Waals surface area (Å²) in [6, 6.07) is 13.2. The molecular formula is C34H35ClFN3O6. The number of nitrogens with one attached hydrogen (secondary N) is 1. The minimum absolute atomic E-state index is 0.00451. The second kappa shape index (κ2) is 12.7. The fourth-order valence-electron chi connectivity index (χ4n) is 6.91. The monoisotopic (exact) mass is 635 g/mol. The number of hydrogen-bond acceptors (Lipinski definition) is 6. The lowest BCUT2D eigenvalue weighted by atomic mass is 9.82. The van der Waals surface area contributed by atoms with Crippen LogP contribution in [0.5, 0.6) is 11.5 Å². The number of halogens is 2. The Bertz CT molecular complexity index is 1620. The summed E-state index contributed by atoms with van der Waals surface area (Å²) in [5, 5.41) is 14.3. The van der Waals surface area contributed by atoms with Crippen LogP contribution in [0.3, 0.4) is 0 Å². The molecule has 0 aromatic heterocycles. The summed E-state index contributed by atoms with van der Waals surface area (Å²) in [5.41, 5.74) is 4.42. The molecule has 3 aromatic rings. The Kier molecular flexibility index (Phi) is 8.70. The lowest BCUT2D eigenvalue weighted by Gasteiger charge is -2.28. The minimum Gasteiger partial charge on any atom is -0.481 e. The molecule has 2 amide bonds. The Labute approximate surface area is 265 Å². The molecule has 0 spiro atoms. The fraction of sp³-hybridized carbons (Fsp3) is 0.382. The molecule has 3 aliphatic rings. The standard InChI is InChI=1S/C34H35ClFN3O6/c1-3-19-12-23(35)13-20(4-2)31(19)37-28(40)17-38-16-25(22-14-26(36)33-27(15-22)44-18-45-33)30(34(42)43)32(38)21-7-9-24(10-8-21)39-11-5-6-29(39)41/h7-10,12-15,25,30,32H,3-6,11,16-18H2,1-2H3,(H,37,40)(H,42,43)/t25-,30?,32+/m1/s1. The number of carboxylic acids is 1. The number of ether oxygens (including phenoxy) is 2. The Balaban J connectivity index is 1.35. The normalized spacial score (nSPS) is 21.0. The number of fused-ring (bicyclic) bond motifs is 1. The molecule has 45 heavy (non-hydrogen) atoms. The summed E-state index contributed by atoms with van der Waals surface area (Å²) in [5.74, 6) is -3.37. The topological polar surface area (TPSA) is 108 Å². The van der Waals surface area contributed by atoms with Gasteiger partial charge in [0.1, 0.15) is 0 Å². The quantitative estimate of drug-likeness (QED) is 0.300. The molecule has 2 N–H and O–H groups in total. The van der Waals surface area contributed by atoms with Crippen LogP contribution in [0.2, 0.25) is 5.02 Å². The Morgan fingerprint density at radius 1 is 1.04 bits per heavy atom. The van der Waals surface area contributed by atoms with Gasteiger partial charge in [-0.3, -0.25) is 19.3 Å². The summed E-state index contributed by atoms with van der Waals surface area (Å²) < 4.78 is 25.7. The molecule has 3 heterocycles. The van der Waals surface area contributed by atoms with E-state index in [1.807, 2.05) is 55.1 Å². The van der Waals surface area contributed by atoms with Gasteiger partial charge in [0.05, 0.1) is 12.5 Å². The van der Waals surface area contributed by atoms with Crippen molar-refractivity contribution in [1.29, 1.82) is 0 Å². The number of nitrogens with zero attached hydrogens (tertiary/aromatic N) is 2. The molecule has 2 fully saturated rings. The molecule has 9 nitrogen and oxygen atoms in total. The van der Waals surface area contributed by atoms with Gasteiger partial charge >= 0.3 is 5.97 Å². The van der Waals surface area contributed by atoms with Gasteiger partial charge in [0.25, 0.3) is 0 Å². The van der Waals surface area contributed by atoms with Gasteiger partial charge in [0.2, 0.25) is 24.4 Å². The number of amides is 2. The van der Waals surface area contributed by atoms with E-state index in [9.17, 15) is 19.5 Å². The molecule has 3 atom stereocenters. The van der Waals surface area contributed by atoms with E-state index in [4.69, 9.17) is 21.1 Å². The number of hydrogen-bond donors (Lipinski definition) is 2. The first-order valence-corrected chi connectivity index (χ1v) is 15.6. The van der Waals surface area contributed by atoms with Crippen molar-refractivity contribution in [2.75, 3.05) is 36.6 Å². The molecule has 2 saturated heterocycles. The van der Waals surface area contributed by atoms with Crippen LogP contribution in [0.4, 0.5) is 15.8 Å². The van der Waals surface area contributed by atoms with Crippen molar-refractivity contribution in [1.82, 2.24) is 4.90 Å². The van der Waals surface area contributed by atoms with Crippen molar-refractivity contribution in [3.8, 4) is 11.5 Å². The number of rotatable bonds is 9. The minimum atomic E-state index is -1.07. The molecule has 11 heteroatoms. The van der Waals surface area contributed by atoms with Crippen molar-refractivity contribution in [2.24, 2.45) is 5.92 Å². The van der Waals surface area contributed by atoms with Crippen LogP contribution in [0.25, 0.3) is 0 Å². The van der Waals surface area contributed by atoms with E-state index in [0.717, 1.165) is 23.2 Å². The van der Waals surface area contributed by atoms with E-state index in [1.54, 1.807) is 11.0 Å². The summed E-state index contributed by atoms with van der Waals surface area (Å²) in [7, 11) is 0. The Morgan fingerprint density at radius 3 is 2.38 bits per heavy atom. The van der Waals surface area contributed by atoms with Crippen molar-refractivity contribution in [3.63, 3.8) is 0 Å². The van der Waals surface area contributed by atoms with Gasteiger partial charge in [-0.05, 0) is 77.9 Å². The Hall–Kier alpha value is -4.15. The molecule has 236 valence electrons. The zero-order chi connectivity index (χ0) is 31.8. The summed E-state index contributed by atoms with van der Waals surface area (Å²) in [6.45, 7) is 4.58. The summed E-state index contributed by atoms with van der Waals surface area (Å²) in [4.78, 5) is 42.6. The Morgan fingerprint density at radius 2 is 1.76 bits per heavy atom. The zero-order valence-electron chi connectivity index (χ0n) is 25.1. The molecule has 0 bridgehead atoms. The lowest BCUT2D eigenvalue weighted by Crippen LogP contribution is -2.35. The van der Waals surface area contributed by atoms with E-state index in [1.165, 1.54) is 6.07 Å². The predicted molar refractivity (Wildman–Crippen MR) is 168 cm³/mol. The highest BCUT2D eigenvalue weighted by Crippen LogP contribution is 2.48. The number of benzene rings is 3. The van der Waals surface area contributed by atoms with E-state index < -0.39 is 29.7 Å². The van der Waals surface area contributed by atoms with E-state index in [0.29, 0.717) is 47.6 Å². The van der Waals surface area contributed by atoms with Crippen LogP contribution in [-0.2, 0) is 27.2 Å². The predicted octanol–water partition coefficient (Wildman–Crippen LogP) is 5.94.